The quantitative estimate of drug-likeness (QED) is 0.722. The van der Waals surface area contributed by atoms with Gasteiger partial charge in [-0.25, -0.2) is 14.4 Å². The summed E-state index contributed by atoms with van der Waals surface area (Å²) in [6, 6.07) is 6.57. The van der Waals surface area contributed by atoms with Crippen LogP contribution in [0.15, 0.2) is 29.8 Å². The first-order valence-corrected chi connectivity index (χ1v) is 8.78. The van der Waals surface area contributed by atoms with Crippen LogP contribution in [0.2, 0.25) is 0 Å². The molecule has 6 nitrogen and oxygen atoms in total. The summed E-state index contributed by atoms with van der Waals surface area (Å²) in [7, 11) is 0. The van der Waals surface area contributed by atoms with Crippen molar-refractivity contribution in [2.75, 3.05) is 16.8 Å². The Hall–Kier alpha value is -2.61. The molecule has 130 valence electrons. The van der Waals surface area contributed by atoms with E-state index in [-0.39, 0.29) is 5.82 Å². The van der Waals surface area contributed by atoms with Gasteiger partial charge in [0.15, 0.2) is 0 Å². The van der Waals surface area contributed by atoms with Crippen LogP contribution in [0.4, 0.5) is 22.1 Å². The number of anilines is 3. The van der Waals surface area contributed by atoms with Gasteiger partial charge in [0.25, 0.3) is 0 Å². The molecule has 3 rings (SSSR count). The van der Waals surface area contributed by atoms with Gasteiger partial charge >= 0.3 is 0 Å². The maximum absolute atomic E-state index is 13.4. The van der Waals surface area contributed by atoms with Crippen molar-refractivity contribution in [1.82, 2.24) is 19.3 Å². The molecule has 0 spiro atoms. The summed E-state index contributed by atoms with van der Waals surface area (Å²) in [4.78, 5) is 15.4. The zero-order chi connectivity index (χ0) is 17.8. The van der Waals surface area contributed by atoms with Crippen LogP contribution in [0, 0.1) is 19.7 Å². The monoisotopic (exact) mass is 358 g/mol. The number of rotatable bonds is 6. The number of nitrogens with one attached hydrogen (secondary N) is 1. The van der Waals surface area contributed by atoms with Crippen LogP contribution in [0.3, 0.4) is 0 Å². The summed E-state index contributed by atoms with van der Waals surface area (Å²) in [5.74, 6) is 1.54. The largest absolute Gasteiger partial charge is 0.337 e. The predicted molar refractivity (Wildman–Crippen MR) is 97.8 cm³/mol. The molecule has 2 aromatic heterocycles. The van der Waals surface area contributed by atoms with Crippen molar-refractivity contribution in [3.05, 3.63) is 52.4 Å². The molecule has 0 unspecified atom stereocenters. The van der Waals surface area contributed by atoms with E-state index >= 15 is 0 Å². The van der Waals surface area contributed by atoms with Crippen molar-refractivity contribution < 1.29 is 4.39 Å². The highest BCUT2D eigenvalue weighted by atomic mass is 32.1. The first-order chi connectivity index (χ1) is 12.1. The van der Waals surface area contributed by atoms with E-state index in [0.717, 1.165) is 16.8 Å². The molecule has 25 heavy (non-hydrogen) atoms. The van der Waals surface area contributed by atoms with Crippen LogP contribution < -0.4 is 10.2 Å². The fraction of sp³-hybridized carbons (Fsp3) is 0.294. The molecule has 0 fully saturated rings. The Labute approximate surface area is 150 Å². The van der Waals surface area contributed by atoms with Crippen LogP contribution in [-0.2, 0) is 6.54 Å². The normalized spacial score (nSPS) is 10.7. The molecule has 0 amide bonds. The zero-order valence-electron chi connectivity index (χ0n) is 14.3. The summed E-state index contributed by atoms with van der Waals surface area (Å²) >= 11 is 1.27. The Kier molecular flexibility index (Phi) is 5.18. The van der Waals surface area contributed by atoms with Crippen molar-refractivity contribution in [2.24, 2.45) is 0 Å². The molecule has 1 aromatic carbocycles. The molecule has 2 heterocycles. The van der Waals surface area contributed by atoms with Gasteiger partial charge in [0.05, 0.1) is 0 Å². The Morgan fingerprint density at radius 1 is 1.24 bits per heavy atom. The number of hydrogen-bond acceptors (Lipinski definition) is 7. The maximum Gasteiger partial charge on any atom is 0.240 e. The molecule has 1 N–H and O–H groups in total. The average molecular weight is 358 g/mol. The highest BCUT2D eigenvalue weighted by Gasteiger charge is 2.15. The van der Waals surface area contributed by atoms with E-state index in [0.29, 0.717) is 30.8 Å². The third-order valence-electron chi connectivity index (χ3n) is 3.90. The minimum Gasteiger partial charge on any atom is -0.337 e. The highest BCUT2D eigenvalue weighted by molar-refractivity contribution is 7.03. The summed E-state index contributed by atoms with van der Waals surface area (Å²) in [5, 5.41) is 3.14. The van der Waals surface area contributed by atoms with E-state index in [1.54, 1.807) is 11.6 Å². The van der Waals surface area contributed by atoms with Crippen molar-refractivity contribution in [2.45, 2.75) is 27.3 Å². The Balaban J connectivity index is 1.90. The van der Waals surface area contributed by atoms with Gasteiger partial charge < -0.3 is 10.2 Å². The van der Waals surface area contributed by atoms with Crippen LogP contribution >= 0.6 is 11.5 Å². The number of hydrogen-bond donors (Lipinski definition) is 1. The average Bonchev–Trinajstić information content (AvgIpc) is 3.10. The molecular formula is C17H19FN6S. The fourth-order valence-corrected chi connectivity index (χ4v) is 2.78. The molecule has 0 bridgehead atoms. The van der Waals surface area contributed by atoms with Crippen LogP contribution in [0.25, 0.3) is 0 Å². The molecule has 8 heteroatoms. The molecule has 0 saturated carbocycles. The van der Waals surface area contributed by atoms with Crippen LogP contribution in [-0.4, -0.2) is 25.9 Å². The SMILES string of the molecule is CCN(Cc1cccc(F)c1)c1nc(C)c(C)c(Nc2ncsn2)n1. The van der Waals surface area contributed by atoms with Crippen molar-refractivity contribution in [3.63, 3.8) is 0 Å². The van der Waals surface area contributed by atoms with E-state index in [2.05, 4.69) is 24.6 Å². The van der Waals surface area contributed by atoms with E-state index in [9.17, 15) is 4.39 Å². The molecule has 0 aliphatic heterocycles. The summed E-state index contributed by atoms with van der Waals surface area (Å²) in [6.07, 6.45) is 0. The first-order valence-electron chi connectivity index (χ1n) is 7.95. The van der Waals surface area contributed by atoms with Crippen molar-refractivity contribution in [1.29, 1.82) is 0 Å². The lowest BCUT2D eigenvalue weighted by Crippen LogP contribution is -2.25. The van der Waals surface area contributed by atoms with Gasteiger partial charge in [0, 0.05) is 24.3 Å². The minimum absolute atomic E-state index is 0.244. The second kappa shape index (κ2) is 7.52. The Morgan fingerprint density at radius 2 is 2.08 bits per heavy atom. The Bertz CT molecular complexity index is 852. The van der Waals surface area contributed by atoms with E-state index in [4.69, 9.17) is 0 Å². The van der Waals surface area contributed by atoms with E-state index in [1.807, 2.05) is 31.7 Å². The smallest absolute Gasteiger partial charge is 0.240 e. The van der Waals surface area contributed by atoms with Gasteiger partial charge in [0.2, 0.25) is 11.9 Å². The fourth-order valence-electron chi connectivity index (χ4n) is 2.39. The van der Waals surface area contributed by atoms with Gasteiger partial charge in [-0.2, -0.15) is 9.36 Å². The number of nitrogens with zero attached hydrogens (tertiary/aromatic N) is 5. The Morgan fingerprint density at radius 3 is 2.76 bits per heavy atom. The molecule has 0 aliphatic carbocycles. The van der Waals surface area contributed by atoms with Gasteiger partial charge in [-0.05, 0) is 50.0 Å². The predicted octanol–water partition coefficient (Wildman–Crippen LogP) is 3.85. The molecular weight excluding hydrogens is 339 g/mol. The minimum atomic E-state index is -0.244. The van der Waals surface area contributed by atoms with Crippen LogP contribution in [0.1, 0.15) is 23.7 Å². The van der Waals surface area contributed by atoms with E-state index in [1.165, 1.54) is 23.7 Å². The third kappa shape index (κ3) is 4.08. The van der Waals surface area contributed by atoms with Gasteiger partial charge in [-0.15, -0.1) is 0 Å². The molecule has 0 atom stereocenters. The standard InChI is InChI=1S/C17H19FN6S/c1-4-24(9-13-6-5-7-14(18)8-13)17-20-12(3)11(2)15(22-17)21-16-19-10-25-23-16/h5-8,10H,4,9H2,1-3H3,(H,20,21,22,23). The second-order valence-electron chi connectivity index (χ2n) is 5.61. The summed E-state index contributed by atoms with van der Waals surface area (Å²) < 4.78 is 17.6. The maximum atomic E-state index is 13.4. The van der Waals surface area contributed by atoms with Gasteiger partial charge in [-0.1, -0.05) is 12.1 Å². The van der Waals surface area contributed by atoms with Crippen molar-refractivity contribution in [3.8, 4) is 0 Å². The molecule has 0 saturated heterocycles. The second-order valence-corrected chi connectivity index (χ2v) is 6.21. The summed E-state index contributed by atoms with van der Waals surface area (Å²) in [6.45, 7) is 7.15. The number of aryl methyl sites for hydroxylation is 1. The lowest BCUT2D eigenvalue weighted by molar-refractivity contribution is 0.624. The lowest BCUT2D eigenvalue weighted by Gasteiger charge is -2.22. The topological polar surface area (TPSA) is 66.8 Å². The number of benzene rings is 1. The first kappa shape index (κ1) is 17.2. The van der Waals surface area contributed by atoms with Gasteiger partial charge in [-0.3, -0.25) is 0 Å². The summed E-state index contributed by atoms with van der Waals surface area (Å²) in [5.41, 5.74) is 4.36. The molecule has 0 aliphatic rings. The number of halogens is 1. The van der Waals surface area contributed by atoms with Crippen LogP contribution in [0.5, 0.6) is 0 Å². The van der Waals surface area contributed by atoms with Gasteiger partial charge in [0.1, 0.15) is 17.1 Å². The van der Waals surface area contributed by atoms with Crippen molar-refractivity contribution >= 4 is 29.2 Å². The lowest BCUT2D eigenvalue weighted by atomic mass is 10.2. The zero-order valence-corrected chi connectivity index (χ0v) is 15.1. The van der Waals surface area contributed by atoms with E-state index < -0.39 is 0 Å². The molecule has 0 radical (unpaired) electrons. The molecule has 3 aromatic rings. The number of aromatic nitrogens is 4. The highest BCUT2D eigenvalue weighted by Crippen LogP contribution is 2.23. The third-order valence-corrected chi connectivity index (χ3v) is 4.37.